The standard InChI is InChI=1S/C59H76N12O11/c1-35(55(78)79)28-30-70(8)54(77)51(58(2,3)4)69-53(76)50(63-7)59(5,6)38-16-13-17-40(31-38)67-57(81)82-34-36-22-24-39(25-23-36)66-52(75)43(20-14-29-64-56(62)80)68-46(73)32-65-45(72)26-27-47(74)71-33-37-15-9-10-18-41(37)48(60)49(61)42-19-11-12-21-44(42)71/h9-13,15-19,21-25,28,31,43,50-51,63H,14,20,26-27,29-30,32-34,60-61H2,1-8H3,(H,65,72)(H,66,75)(H,67,81)(H,68,73)(H,69,76)(H,78,79)(H3,62,64,80)/b35-28+,49-48-/t43-,50+,51?/m0/s1. The van der Waals surface area contributed by atoms with E-state index in [1.807, 2.05) is 65.0 Å². The zero-order valence-electron chi connectivity index (χ0n) is 47.6. The second-order valence-corrected chi connectivity index (χ2v) is 21.4. The number of carboxylic acid groups (broad SMARTS) is 1. The first-order valence-electron chi connectivity index (χ1n) is 26.6. The Kier molecular flexibility index (Phi) is 22.3. The van der Waals surface area contributed by atoms with E-state index >= 15 is 0 Å². The largest absolute Gasteiger partial charge is 0.478 e. The Labute approximate surface area is 477 Å². The van der Waals surface area contributed by atoms with Crippen molar-refractivity contribution in [2.45, 2.75) is 104 Å². The minimum atomic E-state index is -1.11. The number of carbonyl (C=O) groups is 9. The molecule has 0 bridgehead atoms. The van der Waals surface area contributed by atoms with Crippen LogP contribution in [0.2, 0.25) is 0 Å². The highest BCUT2D eigenvalue weighted by molar-refractivity contribution is 6.02. The number of benzene rings is 4. The van der Waals surface area contributed by atoms with Gasteiger partial charge in [0.15, 0.2) is 0 Å². The number of hydrogen-bond donors (Lipinski definition) is 11. The molecule has 0 aliphatic carbocycles. The zero-order chi connectivity index (χ0) is 60.5. The molecule has 3 atom stereocenters. The minimum Gasteiger partial charge on any atom is -0.478 e. The fraction of sp³-hybridized carbons (Fsp3) is 0.373. The predicted octanol–water partition coefficient (Wildman–Crippen LogP) is 4.38. The van der Waals surface area contributed by atoms with Crippen molar-refractivity contribution >= 4 is 82.0 Å². The number of rotatable bonds is 24. The molecule has 5 rings (SSSR count). The van der Waals surface area contributed by atoms with Crippen molar-refractivity contribution in [1.82, 2.24) is 31.5 Å². The Balaban J connectivity index is 1.13. The van der Waals surface area contributed by atoms with Gasteiger partial charge in [0.2, 0.25) is 35.4 Å². The summed E-state index contributed by atoms with van der Waals surface area (Å²) in [6.07, 6.45) is 0.544. The second kappa shape index (κ2) is 28.8. The van der Waals surface area contributed by atoms with E-state index in [0.29, 0.717) is 50.7 Å². The molecule has 0 spiro atoms. The van der Waals surface area contributed by atoms with E-state index in [2.05, 4.69) is 37.2 Å². The van der Waals surface area contributed by atoms with E-state index in [1.54, 1.807) is 78.7 Å². The average molecular weight is 1130 g/mol. The molecule has 438 valence electrons. The van der Waals surface area contributed by atoms with Gasteiger partial charge in [-0.3, -0.25) is 34.1 Å². The smallest absolute Gasteiger partial charge is 0.411 e. The maximum Gasteiger partial charge on any atom is 0.411 e. The van der Waals surface area contributed by atoms with Gasteiger partial charge in [0.25, 0.3) is 0 Å². The lowest BCUT2D eigenvalue weighted by Crippen LogP contribution is -2.60. The number of aliphatic carboxylic acids is 1. The Hall–Kier alpha value is -9.25. The van der Waals surface area contributed by atoms with Crippen molar-refractivity contribution in [2.24, 2.45) is 22.6 Å². The molecule has 1 aliphatic heterocycles. The molecule has 0 fully saturated rings. The summed E-state index contributed by atoms with van der Waals surface area (Å²) in [4.78, 5) is 120. The average Bonchev–Trinajstić information content (AvgIpc) is 2.79. The van der Waals surface area contributed by atoms with Gasteiger partial charge in [-0.1, -0.05) is 107 Å². The number of nitrogens with zero attached hydrogens (tertiary/aromatic N) is 2. The molecule has 0 radical (unpaired) electrons. The predicted molar refractivity (Wildman–Crippen MR) is 312 cm³/mol. The molecule has 14 N–H and O–H groups in total. The van der Waals surface area contributed by atoms with Gasteiger partial charge in [-0.2, -0.15) is 0 Å². The quantitative estimate of drug-likeness (QED) is 0.0343. The molecule has 4 aromatic rings. The lowest BCUT2D eigenvalue weighted by atomic mass is 9.76. The molecule has 1 aliphatic rings. The summed E-state index contributed by atoms with van der Waals surface area (Å²) in [5.41, 5.74) is 21.9. The van der Waals surface area contributed by atoms with Crippen LogP contribution in [0.5, 0.6) is 0 Å². The molecule has 0 saturated carbocycles. The summed E-state index contributed by atoms with van der Waals surface area (Å²) < 4.78 is 5.51. The lowest BCUT2D eigenvalue weighted by molar-refractivity contribution is -0.139. The van der Waals surface area contributed by atoms with Crippen molar-refractivity contribution in [3.63, 3.8) is 0 Å². The molecule has 23 nitrogen and oxygen atoms in total. The van der Waals surface area contributed by atoms with Crippen molar-refractivity contribution in [3.8, 4) is 0 Å². The minimum absolute atomic E-state index is 0.0320. The van der Waals surface area contributed by atoms with Gasteiger partial charge >= 0.3 is 18.1 Å². The maximum atomic E-state index is 14.0. The fourth-order valence-corrected chi connectivity index (χ4v) is 9.03. The van der Waals surface area contributed by atoms with Crippen LogP contribution in [0, 0.1) is 5.41 Å². The van der Waals surface area contributed by atoms with Crippen molar-refractivity contribution < 1.29 is 53.0 Å². The number of nitrogens with one attached hydrogen (secondary N) is 7. The van der Waals surface area contributed by atoms with Crippen LogP contribution in [0.25, 0.3) is 11.4 Å². The van der Waals surface area contributed by atoms with E-state index < -0.39 is 83.1 Å². The number of carboxylic acids is 1. The molecular weight excluding hydrogens is 1050 g/mol. The Morgan fingerprint density at radius 2 is 1.41 bits per heavy atom. The van der Waals surface area contributed by atoms with Crippen LogP contribution in [0.4, 0.5) is 26.7 Å². The number of para-hydroxylation sites is 1. The Morgan fingerprint density at radius 1 is 0.756 bits per heavy atom. The van der Waals surface area contributed by atoms with Crippen LogP contribution in [0.15, 0.2) is 109 Å². The molecule has 1 unspecified atom stereocenters. The number of hydrogen-bond acceptors (Lipinski definition) is 13. The SMILES string of the molecule is CN[C@H](C(=O)NC(C(=O)N(C)C/C=C(\C)C(=O)O)C(C)(C)C)C(C)(C)c1cccc(NC(=O)OCc2ccc(NC(=O)[C@H](CCCNC(N)=O)NC(=O)CNC(=O)CCC(=O)N3Cc4ccccc4/C(N)=C(/N)c4ccccc43)cc2)c1. The number of anilines is 3. The normalized spacial score (nSPS) is 14.4. The van der Waals surface area contributed by atoms with Crippen molar-refractivity contribution in [1.29, 1.82) is 0 Å². The molecule has 0 saturated heterocycles. The second-order valence-electron chi connectivity index (χ2n) is 21.4. The van der Waals surface area contributed by atoms with Crippen molar-refractivity contribution in [3.05, 3.63) is 137 Å². The molecule has 82 heavy (non-hydrogen) atoms. The lowest BCUT2D eigenvalue weighted by Gasteiger charge is -2.38. The Bertz CT molecular complexity index is 3080. The van der Waals surface area contributed by atoms with Gasteiger partial charge in [0.1, 0.15) is 18.7 Å². The molecular formula is C59H76N12O11. The van der Waals surface area contributed by atoms with Gasteiger partial charge in [0, 0.05) is 66.5 Å². The maximum absolute atomic E-state index is 14.0. The van der Waals surface area contributed by atoms with E-state index in [-0.39, 0.29) is 63.4 Å². The highest BCUT2D eigenvalue weighted by atomic mass is 16.5. The highest BCUT2D eigenvalue weighted by Gasteiger charge is 2.41. The number of likely N-dealkylation sites (N-methyl/N-ethyl adjacent to an activating group) is 2. The first kappa shape index (κ1) is 63.6. The van der Waals surface area contributed by atoms with Crippen LogP contribution in [-0.2, 0) is 56.9 Å². The highest BCUT2D eigenvalue weighted by Crippen LogP contribution is 2.35. The van der Waals surface area contributed by atoms with Crippen LogP contribution < -0.4 is 59.3 Å². The summed E-state index contributed by atoms with van der Waals surface area (Å²) >= 11 is 0. The fourth-order valence-electron chi connectivity index (χ4n) is 9.03. The van der Waals surface area contributed by atoms with Gasteiger partial charge < -0.3 is 68.7 Å². The van der Waals surface area contributed by atoms with E-state index in [1.165, 1.54) is 24.9 Å². The third-order valence-electron chi connectivity index (χ3n) is 13.8. The first-order valence-corrected chi connectivity index (χ1v) is 26.6. The van der Waals surface area contributed by atoms with Gasteiger partial charge in [0.05, 0.1) is 36.2 Å². The molecule has 0 aromatic heterocycles. The number of fused-ring (bicyclic) bond motifs is 2. The number of nitrogens with two attached hydrogens (primary N) is 3. The molecule has 1 heterocycles. The summed E-state index contributed by atoms with van der Waals surface area (Å²) in [7, 11) is 3.17. The van der Waals surface area contributed by atoms with Crippen molar-refractivity contribution in [2.75, 3.05) is 49.3 Å². The topological polar surface area (TPSA) is 352 Å². The van der Waals surface area contributed by atoms with Gasteiger partial charge in [-0.15, -0.1) is 0 Å². The van der Waals surface area contributed by atoms with Gasteiger partial charge in [-0.25, -0.2) is 14.4 Å². The number of ether oxygens (including phenoxy) is 1. The van der Waals surface area contributed by atoms with Crippen LogP contribution in [0.1, 0.15) is 95.0 Å². The van der Waals surface area contributed by atoms with Gasteiger partial charge in [-0.05, 0) is 79.3 Å². The summed E-state index contributed by atoms with van der Waals surface area (Å²) in [5.74, 6) is -4.16. The zero-order valence-corrected chi connectivity index (χ0v) is 47.6. The third-order valence-corrected chi connectivity index (χ3v) is 13.8. The first-order chi connectivity index (χ1) is 38.7. The summed E-state index contributed by atoms with van der Waals surface area (Å²) in [5, 5.41) is 28.3. The molecule has 23 heteroatoms. The number of carbonyl (C=O) groups excluding carboxylic acids is 8. The molecule has 9 amide bonds. The number of urea groups is 1. The third kappa shape index (κ3) is 17.6. The summed E-state index contributed by atoms with van der Waals surface area (Å²) in [6, 6.07) is 24.0. The van der Waals surface area contributed by atoms with E-state index in [0.717, 1.165) is 5.56 Å². The van der Waals surface area contributed by atoms with Crippen LogP contribution in [0.3, 0.4) is 0 Å². The number of amides is 9. The van der Waals surface area contributed by atoms with Crippen LogP contribution in [-0.4, -0.2) is 115 Å². The number of primary amides is 1. The summed E-state index contributed by atoms with van der Waals surface area (Å²) in [6.45, 7) is 10.2. The van der Waals surface area contributed by atoms with E-state index in [9.17, 15) is 48.3 Å². The Morgan fingerprint density at radius 3 is 2.07 bits per heavy atom. The monoisotopic (exact) mass is 1130 g/mol. The molecule has 4 aromatic carbocycles. The van der Waals surface area contributed by atoms with E-state index in [4.69, 9.17) is 21.9 Å². The van der Waals surface area contributed by atoms with Crippen LogP contribution >= 0.6 is 0 Å².